The summed E-state index contributed by atoms with van der Waals surface area (Å²) in [5, 5.41) is 11.5. The molecule has 1 aliphatic heterocycles. The third-order valence-electron chi connectivity index (χ3n) is 4.62. The van der Waals surface area contributed by atoms with Gasteiger partial charge < -0.3 is 23.7 Å². The van der Waals surface area contributed by atoms with Crippen LogP contribution in [0.15, 0.2) is 18.5 Å². The second kappa shape index (κ2) is 7.06. The summed E-state index contributed by atoms with van der Waals surface area (Å²) < 4.78 is 12.0. The quantitative estimate of drug-likeness (QED) is 0.437. The van der Waals surface area contributed by atoms with Gasteiger partial charge >= 0.3 is 0 Å². The van der Waals surface area contributed by atoms with Crippen LogP contribution in [0.4, 0.5) is 5.69 Å². The van der Waals surface area contributed by atoms with Crippen molar-refractivity contribution in [3.8, 4) is 11.5 Å². The fourth-order valence-corrected chi connectivity index (χ4v) is 3.17. The highest BCUT2D eigenvalue weighted by atomic mass is 16.6. The number of aryl methyl sites for hydroxylation is 1. The molecule has 0 aliphatic carbocycles. The SMILES string of the molecule is COc1cc(C(=O)N2Cc3ncn(C)c3C[C@H]2C=O)c([N+](=O)[O-])cc1OC. The average molecular weight is 374 g/mol. The molecule has 0 bridgehead atoms. The Bertz CT molecular complexity index is 922. The van der Waals surface area contributed by atoms with Crippen LogP contribution in [0.25, 0.3) is 0 Å². The Hall–Kier alpha value is -3.43. The number of carbonyl (C=O) groups excluding carboxylic acids is 2. The molecule has 0 fully saturated rings. The number of ether oxygens (including phenoxy) is 2. The first-order valence-electron chi connectivity index (χ1n) is 8.07. The molecule has 10 heteroatoms. The summed E-state index contributed by atoms with van der Waals surface area (Å²) in [7, 11) is 4.52. The van der Waals surface area contributed by atoms with Crippen LogP contribution in [0.1, 0.15) is 21.7 Å². The maximum atomic E-state index is 13.1. The lowest BCUT2D eigenvalue weighted by Gasteiger charge is -2.32. The maximum absolute atomic E-state index is 13.1. The zero-order chi connectivity index (χ0) is 19.7. The number of hydrogen-bond acceptors (Lipinski definition) is 7. The predicted molar refractivity (Wildman–Crippen MR) is 92.8 cm³/mol. The van der Waals surface area contributed by atoms with E-state index in [1.54, 1.807) is 10.9 Å². The van der Waals surface area contributed by atoms with Gasteiger partial charge in [-0.25, -0.2) is 4.98 Å². The van der Waals surface area contributed by atoms with E-state index in [1.165, 1.54) is 25.2 Å². The van der Waals surface area contributed by atoms with Crippen LogP contribution in [0.2, 0.25) is 0 Å². The molecule has 0 N–H and O–H groups in total. The third-order valence-corrected chi connectivity index (χ3v) is 4.62. The van der Waals surface area contributed by atoms with Crippen molar-refractivity contribution in [3.05, 3.63) is 45.5 Å². The number of aromatic nitrogens is 2. The van der Waals surface area contributed by atoms with E-state index in [9.17, 15) is 19.7 Å². The molecule has 0 radical (unpaired) electrons. The molecule has 0 saturated heterocycles. The van der Waals surface area contributed by atoms with E-state index in [0.717, 1.165) is 11.8 Å². The number of rotatable bonds is 5. The molecule has 0 saturated carbocycles. The van der Waals surface area contributed by atoms with Crippen molar-refractivity contribution in [1.82, 2.24) is 14.5 Å². The highest BCUT2D eigenvalue weighted by Crippen LogP contribution is 2.36. The van der Waals surface area contributed by atoms with E-state index < -0.39 is 22.6 Å². The Morgan fingerprint density at radius 3 is 2.59 bits per heavy atom. The largest absolute Gasteiger partial charge is 0.493 e. The first-order chi connectivity index (χ1) is 12.9. The van der Waals surface area contributed by atoms with E-state index in [-0.39, 0.29) is 23.6 Å². The van der Waals surface area contributed by atoms with Crippen LogP contribution >= 0.6 is 0 Å². The molecule has 1 amide bonds. The summed E-state index contributed by atoms with van der Waals surface area (Å²) in [5.74, 6) is -0.320. The third kappa shape index (κ3) is 3.09. The second-order valence-electron chi connectivity index (χ2n) is 6.07. The lowest BCUT2D eigenvalue weighted by Crippen LogP contribution is -2.45. The van der Waals surface area contributed by atoms with E-state index >= 15 is 0 Å². The molecule has 3 rings (SSSR count). The number of fused-ring (bicyclic) bond motifs is 1. The van der Waals surface area contributed by atoms with Gasteiger partial charge in [-0.3, -0.25) is 14.9 Å². The fraction of sp³-hybridized carbons (Fsp3) is 0.353. The molecule has 1 aliphatic rings. The van der Waals surface area contributed by atoms with Crippen molar-refractivity contribution in [1.29, 1.82) is 0 Å². The normalized spacial score (nSPS) is 15.8. The van der Waals surface area contributed by atoms with E-state index in [2.05, 4.69) is 4.98 Å². The zero-order valence-corrected chi connectivity index (χ0v) is 15.0. The molecule has 0 spiro atoms. The number of nitrogens with zero attached hydrogens (tertiary/aromatic N) is 4. The molecule has 1 atom stereocenters. The van der Waals surface area contributed by atoms with Crippen LogP contribution in [0.3, 0.4) is 0 Å². The maximum Gasteiger partial charge on any atom is 0.286 e. The number of aldehydes is 1. The highest BCUT2D eigenvalue weighted by molar-refractivity contribution is 6.00. The number of nitro groups is 1. The second-order valence-corrected chi connectivity index (χ2v) is 6.07. The fourth-order valence-electron chi connectivity index (χ4n) is 3.17. The zero-order valence-electron chi connectivity index (χ0n) is 15.0. The van der Waals surface area contributed by atoms with Crippen LogP contribution in [-0.4, -0.2) is 51.8 Å². The lowest BCUT2D eigenvalue weighted by molar-refractivity contribution is -0.385. The minimum absolute atomic E-state index is 0.0872. The molecule has 0 unspecified atom stereocenters. The van der Waals surface area contributed by atoms with Crippen LogP contribution < -0.4 is 9.47 Å². The van der Waals surface area contributed by atoms with Crippen molar-refractivity contribution in [2.45, 2.75) is 19.0 Å². The lowest BCUT2D eigenvalue weighted by atomic mass is 10.0. The Kier molecular flexibility index (Phi) is 4.80. The van der Waals surface area contributed by atoms with Gasteiger partial charge in [-0.15, -0.1) is 0 Å². The van der Waals surface area contributed by atoms with Crippen molar-refractivity contribution in [3.63, 3.8) is 0 Å². The van der Waals surface area contributed by atoms with E-state index in [0.29, 0.717) is 18.4 Å². The summed E-state index contributed by atoms with van der Waals surface area (Å²) in [6.07, 6.45) is 2.57. The van der Waals surface area contributed by atoms with E-state index in [1.807, 2.05) is 7.05 Å². The van der Waals surface area contributed by atoms with Crippen LogP contribution in [0.5, 0.6) is 11.5 Å². The number of benzene rings is 1. The van der Waals surface area contributed by atoms with Gasteiger partial charge in [0.05, 0.1) is 49.8 Å². The van der Waals surface area contributed by atoms with Gasteiger partial charge in [-0.1, -0.05) is 0 Å². The number of methoxy groups -OCH3 is 2. The molecule has 27 heavy (non-hydrogen) atoms. The molecule has 2 heterocycles. The Labute approximate surface area is 154 Å². The van der Waals surface area contributed by atoms with Gasteiger partial charge in [-0.05, 0) is 0 Å². The Morgan fingerprint density at radius 1 is 1.33 bits per heavy atom. The summed E-state index contributed by atoms with van der Waals surface area (Å²) in [4.78, 5) is 41.0. The summed E-state index contributed by atoms with van der Waals surface area (Å²) in [6, 6.07) is 1.65. The summed E-state index contributed by atoms with van der Waals surface area (Å²) in [6.45, 7) is 0.0872. The van der Waals surface area contributed by atoms with Crippen molar-refractivity contribution < 1.29 is 24.0 Å². The molecule has 1 aromatic carbocycles. The van der Waals surface area contributed by atoms with Gasteiger partial charge in [0.25, 0.3) is 11.6 Å². The van der Waals surface area contributed by atoms with Gasteiger partial charge in [0.1, 0.15) is 11.8 Å². The smallest absolute Gasteiger partial charge is 0.286 e. The highest BCUT2D eigenvalue weighted by Gasteiger charge is 2.36. The number of carbonyl (C=O) groups is 2. The monoisotopic (exact) mass is 374 g/mol. The van der Waals surface area contributed by atoms with Gasteiger partial charge in [0, 0.05) is 25.2 Å². The summed E-state index contributed by atoms with van der Waals surface area (Å²) >= 11 is 0. The molecule has 10 nitrogen and oxygen atoms in total. The molecule has 1 aromatic heterocycles. The Morgan fingerprint density at radius 2 is 2.00 bits per heavy atom. The minimum Gasteiger partial charge on any atom is -0.493 e. The van der Waals surface area contributed by atoms with Gasteiger partial charge in [0.15, 0.2) is 11.5 Å². The predicted octanol–water partition coefficient (Wildman–Crippen LogP) is 1.11. The molecule has 2 aromatic rings. The Balaban J connectivity index is 2.06. The molecular formula is C17H18N4O6. The number of hydrogen-bond donors (Lipinski definition) is 0. The topological polar surface area (TPSA) is 117 Å². The van der Waals surface area contributed by atoms with Crippen LogP contribution in [0, 0.1) is 10.1 Å². The number of imidazole rings is 1. The first kappa shape index (κ1) is 18.4. The van der Waals surface area contributed by atoms with Gasteiger partial charge in [0.2, 0.25) is 0 Å². The summed E-state index contributed by atoms with van der Waals surface area (Å²) in [5.41, 5.74) is 0.919. The standard InChI is InChI=1S/C17H18N4O6/c1-19-9-18-12-7-20(10(8-22)4-14(12)19)17(23)11-5-15(26-2)16(27-3)6-13(11)21(24)25/h5-6,8-10H,4,7H2,1-3H3/t10-/m0/s1. The van der Waals surface area contributed by atoms with Crippen LogP contribution in [-0.2, 0) is 24.8 Å². The first-order valence-corrected chi connectivity index (χ1v) is 8.07. The van der Waals surface area contributed by atoms with Crippen molar-refractivity contribution >= 4 is 17.9 Å². The van der Waals surface area contributed by atoms with Crippen molar-refractivity contribution in [2.75, 3.05) is 14.2 Å². The number of nitro benzene ring substituents is 1. The van der Waals surface area contributed by atoms with Gasteiger partial charge in [-0.2, -0.15) is 0 Å². The van der Waals surface area contributed by atoms with E-state index in [4.69, 9.17) is 9.47 Å². The molecular weight excluding hydrogens is 356 g/mol. The number of amides is 1. The average Bonchev–Trinajstić information content (AvgIpc) is 3.05. The molecule has 142 valence electrons. The van der Waals surface area contributed by atoms with Crippen molar-refractivity contribution in [2.24, 2.45) is 7.05 Å². The minimum atomic E-state index is -0.742.